The number of carbonyl (C=O) groups is 1. The third-order valence-corrected chi connectivity index (χ3v) is 4.53. The van der Waals surface area contributed by atoms with Crippen molar-refractivity contribution >= 4 is 23.2 Å². The molecule has 0 aromatic heterocycles. The zero-order chi connectivity index (χ0) is 15.9. The topological polar surface area (TPSA) is 41.6 Å². The monoisotopic (exact) mass is 324 g/mol. The van der Waals surface area contributed by atoms with E-state index in [1.54, 1.807) is 19.2 Å². The molecular formula is C17H25ClN2O2. The number of halogens is 1. The quantitative estimate of drug-likeness (QED) is 0.912. The van der Waals surface area contributed by atoms with Crippen molar-refractivity contribution in [1.29, 1.82) is 0 Å². The first kappa shape index (κ1) is 17.1. The Morgan fingerprint density at radius 3 is 2.45 bits per heavy atom. The second-order valence-corrected chi connectivity index (χ2v) is 6.23. The number of nitrogens with zero attached hydrogens (tertiary/aromatic N) is 1. The summed E-state index contributed by atoms with van der Waals surface area (Å²) in [5, 5.41) is 3.45. The van der Waals surface area contributed by atoms with Gasteiger partial charge in [-0.3, -0.25) is 9.69 Å². The van der Waals surface area contributed by atoms with E-state index in [0.29, 0.717) is 16.5 Å². The number of hydrogen-bond donors (Lipinski definition) is 1. The van der Waals surface area contributed by atoms with Crippen molar-refractivity contribution in [3.8, 4) is 5.75 Å². The lowest BCUT2D eigenvalue weighted by molar-refractivity contribution is -0.120. The van der Waals surface area contributed by atoms with Crippen molar-refractivity contribution in [1.82, 2.24) is 4.90 Å². The Morgan fingerprint density at radius 2 is 1.86 bits per heavy atom. The van der Waals surface area contributed by atoms with Gasteiger partial charge >= 0.3 is 0 Å². The average molecular weight is 325 g/mol. The van der Waals surface area contributed by atoms with Crippen LogP contribution in [0, 0.1) is 0 Å². The van der Waals surface area contributed by atoms with E-state index in [-0.39, 0.29) is 11.9 Å². The van der Waals surface area contributed by atoms with Crippen LogP contribution in [0.3, 0.4) is 0 Å². The van der Waals surface area contributed by atoms with Crippen LogP contribution in [-0.2, 0) is 4.79 Å². The Bertz CT molecular complexity index is 499. The molecule has 1 N–H and O–H groups in total. The zero-order valence-corrected chi connectivity index (χ0v) is 14.2. The van der Waals surface area contributed by atoms with Crippen LogP contribution in [0.5, 0.6) is 5.75 Å². The van der Waals surface area contributed by atoms with E-state index in [1.807, 2.05) is 13.0 Å². The minimum atomic E-state index is -0.126. The van der Waals surface area contributed by atoms with E-state index in [0.717, 1.165) is 13.1 Å². The van der Waals surface area contributed by atoms with Crippen molar-refractivity contribution in [2.24, 2.45) is 0 Å². The maximum atomic E-state index is 12.4. The summed E-state index contributed by atoms with van der Waals surface area (Å²) in [4.78, 5) is 14.7. The standard InChI is InChI=1S/C17H25ClN2O2/c1-13(20-10-6-4-3-5-7-11-20)17(21)19-14-8-9-16(22-2)15(18)12-14/h8-9,12-13H,3-7,10-11H2,1-2H3,(H,19,21)/t13-/m0/s1. The molecule has 1 aromatic rings. The highest BCUT2D eigenvalue weighted by Crippen LogP contribution is 2.27. The molecule has 1 heterocycles. The molecule has 0 radical (unpaired) electrons. The SMILES string of the molecule is COc1ccc(NC(=O)[C@H](C)N2CCCCCCC2)cc1Cl. The van der Waals surface area contributed by atoms with Crippen LogP contribution in [0.4, 0.5) is 5.69 Å². The van der Waals surface area contributed by atoms with Gasteiger partial charge in [0.25, 0.3) is 0 Å². The fraction of sp³-hybridized carbons (Fsp3) is 0.588. The van der Waals surface area contributed by atoms with Crippen LogP contribution in [-0.4, -0.2) is 37.0 Å². The number of amides is 1. The summed E-state index contributed by atoms with van der Waals surface area (Å²) in [6, 6.07) is 5.17. The van der Waals surface area contributed by atoms with Crippen molar-refractivity contribution in [3.05, 3.63) is 23.2 Å². The van der Waals surface area contributed by atoms with Crippen LogP contribution in [0.1, 0.15) is 39.0 Å². The predicted molar refractivity (Wildman–Crippen MR) is 90.8 cm³/mol. The van der Waals surface area contributed by atoms with Crippen molar-refractivity contribution in [2.45, 2.75) is 45.1 Å². The molecule has 1 amide bonds. The molecule has 4 nitrogen and oxygen atoms in total. The number of likely N-dealkylation sites (tertiary alicyclic amines) is 1. The van der Waals surface area contributed by atoms with Crippen LogP contribution in [0.2, 0.25) is 5.02 Å². The summed E-state index contributed by atoms with van der Waals surface area (Å²) < 4.78 is 5.12. The lowest BCUT2D eigenvalue weighted by Crippen LogP contribution is -2.43. The Morgan fingerprint density at radius 1 is 1.23 bits per heavy atom. The summed E-state index contributed by atoms with van der Waals surface area (Å²) in [6.07, 6.45) is 6.19. The summed E-state index contributed by atoms with van der Waals surface area (Å²) in [6.45, 7) is 3.97. The first-order chi connectivity index (χ1) is 10.6. The third kappa shape index (κ3) is 4.62. The normalized spacial score (nSPS) is 18.1. The lowest BCUT2D eigenvalue weighted by Gasteiger charge is -2.29. The number of rotatable bonds is 4. The number of nitrogens with one attached hydrogen (secondary N) is 1. The maximum absolute atomic E-state index is 12.4. The van der Waals surface area contributed by atoms with Crippen LogP contribution in [0.15, 0.2) is 18.2 Å². The summed E-state index contributed by atoms with van der Waals surface area (Å²) in [5.41, 5.74) is 0.703. The molecule has 0 saturated carbocycles. The number of ether oxygens (including phenoxy) is 1. The smallest absolute Gasteiger partial charge is 0.241 e. The summed E-state index contributed by atoms with van der Waals surface area (Å²) in [7, 11) is 1.57. The molecule has 2 rings (SSSR count). The molecule has 0 aliphatic carbocycles. The first-order valence-corrected chi connectivity index (χ1v) is 8.38. The van der Waals surface area contributed by atoms with Crippen molar-refractivity contribution in [2.75, 3.05) is 25.5 Å². The fourth-order valence-corrected chi connectivity index (χ4v) is 3.07. The molecule has 5 heteroatoms. The molecule has 0 bridgehead atoms. The molecule has 1 fully saturated rings. The average Bonchev–Trinajstić information content (AvgIpc) is 2.46. The number of hydrogen-bond acceptors (Lipinski definition) is 3. The minimum absolute atomic E-state index is 0.0156. The molecule has 1 aliphatic rings. The Balaban J connectivity index is 1.96. The highest BCUT2D eigenvalue weighted by molar-refractivity contribution is 6.32. The zero-order valence-electron chi connectivity index (χ0n) is 13.4. The van der Waals surface area contributed by atoms with Gasteiger partial charge in [0, 0.05) is 5.69 Å². The molecule has 22 heavy (non-hydrogen) atoms. The number of methoxy groups -OCH3 is 1. The van der Waals surface area contributed by atoms with E-state index >= 15 is 0 Å². The van der Waals surface area contributed by atoms with E-state index in [2.05, 4.69) is 10.2 Å². The van der Waals surface area contributed by atoms with Gasteiger partial charge in [0.1, 0.15) is 5.75 Å². The number of benzene rings is 1. The van der Waals surface area contributed by atoms with Crippen molar-refractivity contribution in [3.63, 3.8) is 0 Å². The molecule has 0 unspecified atom stereocenters. The Labute approximate surface area is 137 Å². The number of carbonyl (C=O) groups excluding carboxylic acids is 1. The number of anilines is 1. The van der Waals surface area contributed by atoms with Gasteiger partial charge in [0.05, 0.1) is 18.2 Å². The predicted octanol–water partition coefficient (Wildman–Crippen LogP) is 3.94. The minimum Gasteiger partial charge on any atom is -0.495 e. The van der Waals surface area contributed by atoms with E-state index in [9.17, 15) is 4.79 Å². The van der Waals surface area contributed by atoms with E-state index in [1.165, 1.54) is 32.1 Å². The van der Waals surface area contributed by atoms with E-state index in [4.69, 9.17) is 16.3 Å². The van der Waals surface area contributed by atoms with Gasteiger partial charge in [-0.05, 0) is 51.1 Å². The molecule has 0 spiro atoms. The first-order valence-electron chi connectivity index (χ1n) is 8.00. The molecule has 1 saturated heterocycles. The third-order valence-electron chi connectivity index (χ3n) is 4.24. The Hall–Kier alpha value is -1.26. The molecular weight excluding hydrogens is 300 g/mol. The van der Waals surface area contributed by atoms with Gasteiger partial charge < -0.3 is 10.1 Å². The lowest BCUT2D eigenvalue weighted by atomic mass is 10.1. The highest BCUT2D eigenvalue weighted by atomic mass is 35.5. The van der Waals surface area contributed by atoms with Gasteiger partial charge in [-0.15, -0.1) is 0 Å². The molecule has 1 aliphatic heterocycles. The second-order valence-electron chi connectivity index (χ2n) is 5.82. The largest absolute Gasteiger partial charge is 0.495 e. The fourth-order valence-electron chi connectivity index (χ4n) is 2.82. The van der Waals surface area contributed by atoms with Crippen molar-refractivity contribution < 1.29 is 9.53 Å². The molecule has 1 aromatic carbocycles. The maximum Gasteiger partial charge on any atom is 0.241 e. The van der Waals surface area contributed by atoms with Gasteiger partial charge in [-0.2, -0.15) is 0 Å². The van der Waals surface area contributed by atoms with Gasteiger partial charge in [0.2, 0.25) is 5.91 Å². The van der Waals surface area contributed by atoms with Gasteiger partial charge in [0.15, 0.2) is 0 Å². The van der Waals surface area contributed by atoms with Crippen LogP contribution < -0.4 is 10.1 Å². The van der Waals surface area contributed by atoms with E-state index < -0.39 is 0 Å². The van der Waals surface area contributed by atoms with Gasteiger partial charge in [-0.1, -0.05) is 30.9 Å². The molecule has 1 atom stereocenters. The van der Waals surface area contributed by atoms with Gasteiger partial charge in [-0.25, -0.2) is 0 Å². The van der Waals surface area contributed by atoms with Crippen LogP contribution >= 0.6 is 11.6 Å². The summed E-state index contributed by atoms with van der Waals surface area (Å²) >= 11 is 6.09. The Kier molecular flexibility index (Phi) is 6.52. The highest BCUT2D eigenvalue weighted by Gasteiger charge is 2.21. The molecule has 122 valence electrons. The second kappa shape index (κ2) is 8.39. The summed E-state index contributed by atoms with van der Waals surface area (Å²) in [5.74, 6) is 0.623. The van der Waals surface area contributed by atoms with Crippen LogP contribution in [0.25, 0.3) is 0 Å².